The van der Waals surface area contributed by atoms with Gasteiger partial charge in [0.1, 0.15) is 18.5 Å². The fourth-order valence-corrected chi connectivity index (χ4v) is 3.05. The Morgan fingerprint density at radius 1 is 1.22 bits per heavy atom. The van der Waals surface area contributed by atoms with Gasteiger partial charge in [-0.3, -0.25) is 4.99 Å². The normalized spacial score (nSPS) is 11.8. The molecule has 6 nitrogen and oxygen atoms in total. The lowest BCUT2D eigenvalue weighted by Gasteiger charge is -2.27. The lowest BCUT2D eigenvalue weighted by Crippen LogP contribution is -2.43. The summed E-state index contributed by atoms with van der Waals surface area (Å²) in [6.45, 7) is 6.46. The molecule has 0 saturated carbocycles. The molecule has 0 aliphatic heterocycles. The highest BCUT2D eigenvalue weighted by atomic mass is 127. The van der Waals surface area contributed by atoms with Crippen LogP contribution in [-0.2, 0) is 12.0 Å². The fraction of sp³-hybridized carbons (Fsp3) is 0.500. The highest BCUT2D eigenvalue weighted by molar-refractivity contribution is 14.0. The molecular formula is C18H27ClFIN6. The Morgan fingerprint density at radius 3 is 2.56 bits per heavy atom. The summed E-state index contributed by atoms with van der Waals surface area (Å²) in [6, 6.07) is 4.52. The largest absolute Gasteiger partial charge is 0.356 e. The summed E-state index contributed by atoms with van der Waals surface area (Å²) < 4.78 is 15.2. The Morgan fingerprint density at radius 2 is 1.93 bits per heavy atom. The van der Waals surface area contributed by atoms with Gasteiger partial charge in [-0.05, 0) is 30.5 Å². The van der Waals surface area contributed by atoms with Crippen LogP contribution in [0.1, 0.15) is 32.3 Å². The number of rotatable bonds is 8. The molecule has 9 heteroatoms. The lowest BCUT2D eigenvalue weighted by molar-refractivity contribution is 0.506. The quantitative estimate of drug-likeness (QED) is 0.247. The topological polar surface area (TPSA) is 67.1 Å². The van der Waals surface area contributed by atoms with Crippen LogP contribution < -0.4 is 10.6 Å². The Balaban J connectivity index is 0.00000364. The van der Waals surface area contributed by atoms with Crippen molar-refractivity contribution in [2.45, 2.75) is 38.6 Å². The molecule has 0 saturated heterocycles. The molecule has 0 radical (unpaired) electrons. The molecule has 0 atom stereocenters. The molecule has 150 valence electrons. The third kappa shape index (κ3) is 7.61. The van der Waals surface area contributed by atoms with Crippen LogP contribution in [0.2, 0.25) is 5.02 Å². The molecule has 0 aliphatic carbocycles. The molecule has 0 spiro atoms. The summed E-state index contributed by atoms with van der Waals surface area (Å²) >= 11 is 6.20. The van der Waals surface area contributed by atoms with E-state index in [0.717, 1.165) is 37.5 Å². The number of hydrogen-bond acceptors (Lipinski definition) is 3. The van der Waals surface area contributed by atoms with Gasteiger partial charge in [0.2, 0.25) is 0 Å². The zero-order chi connectivity index (χ0) is 19.0. The summed E-state index contributed by atoms with van der Waals surface area (Å²) in [7, 11) is 1.74. The van der Waals surface area contributed by atoms with E-state index in [-0.39, 0.29) is 35.2 Å². The van der Waals surface area contributed by atoms with Gasteiger partial charge in [0.15, 0.2) is 5.96 Å². The average Bonchev–Trinajstić information content (AvgIpc) is 3.10. The monoisotopic (exact) mass is 508 g/mol. The van der Waals surface area contributed by atoms with Gasteiger partial charge in [-0.25, -0.2) is 4.39 Å². The average molecular weight is 509 g/mol. The van der Waals surface area contributed by atoms with Crippen molar-refractivity contribution in [2.75, 3.05) is 20.1 Å². The number of halogens is 3. The van der Waals surface area contributed by atoms with Crippen molar-refractivity contribution in [2.24, 2.45) is 4.99 Å². The van der Waals surface area contributed by atoms with Crippen molar-refractivity contribution in [3.63, 3.8) is 0 Å². The van der Waals surface area contributed by atoms with E-state index in [4.69, 9.17) is 11.6 Å². The molecule has 0 unspecified atom stereocenters. The predicted octanol–water partition coefficient (Wildman–Crippen LogP) is 3.61. The molecule has 0 aliphatic rings. The molecule has 0 fully saturated rings. The maximum Gasteiger partial charge on any atom is 0.191 e. The summed E-state index contributed by atoms with van der Waals surface area (Å²) in [5, 5.41) is 14.6. The number of aryl methyl sites for hydroxylation is 1. The van der Waals surface area contributed by atoms with Gasteiger partial charge in [0.25, 0.3) is 0 Å². The summed E-state index contributed by atoms with van der Waals surface area (Å²) in [5.74, 6) is 0.409. The second kappa shape index (κ2) is 11.4. The maximum absolute atomic E-state index is 13.3. The summed E-state index contributed by atoms with van der Waals surface area (Å²) in [4.78, 5) is 4.25. The predicted molar refractivity (Wildman–Crippen MR) is 118 cm³/mol. The van der Waals surface area contributed by atoms with Crippen LogP contribution in [0.15, 0.2) is 35.8 Å². The van der Waals surface area contributed by atoms with Crippen LogP contribution in [0.3, 0.4) is 0 Å². The summed E-state index contributed by atoms with van der Waals surface area (Å²) in [5.41, 5.74) is 0.633. The fourth-order valence-electron chi connectivity index (χ4n) is 2.62. The maximum atomic E-state index is 13.3. The Kier molecular flexibility index (Phi) is 10.00. The van der Waals surface area contributed by atoms with Crippen molar-refractivity contribution in [1.82, 2.24) is 25.4 Å². The first-order valence-electron chi connectivity index (χ1n) is 8.65. The molecule has 1 aromatic carbocycles. The molecule has 2 rings (SSSR count). The number of nitrogens with zero attached hydrogens (tertiary/aromatic N) is 4. The van der Waals surface area contributed by atoms with Gasteiger partial charge < -0.3 is 15.2 Å². The van der Waals surface area contributed by atoms with E-state index in [1.807, 2.05) is 4.57 Å². The Labute approximate surface area is 182 Å². The number of guanidine groups is 1. The first-order valence-corrected chi connectivity index (χ1v) is 9.02. The highest BCUT2D eigenvalue weighted by Gasteiger charge is 2.24. The lowest BCUT2D eigenvalue weighted by atomic mass is 9.84. The Bertz CT molecular complexity index is 721. The molecule has 0 amide bonds. The van der Waals surface area contributed by atoms with Gasteiger partial charge in [0.05, 0.1) is 0 Å². The van der Waals surface area contributed by atoms with Gasteiger partial charge in [-0.15, -0.1) is 34.2 Å². The minimum Gasteiger partial charge on any atom is -0.356 e. The van der Waals surface area contributed by atoms with Gasteiger partial charge >= 0.3 is 0 Å². The van der Waals surface area contributed by atoms with E-state index in [0.29, 0.717) is 11.6 Å². The number of nitrogens with one attached hydrogen (secondary N) is 2. The van der Waals surface area contributed by atoms with E-state index in [1.165, 1.54) is 12.1 Å². The molecule has 27 heavy (non-hydrogen) atoms. The van der Waals surface area contributed by atoms with Crippen LogP contribution in [0, 0.1) is 5.82 Å². The number of aliphatic imine (C=N–C) groups is 1. The van der Waals surface area contributed by atoms with E-state index in [9.17, 15) is 4.39 Å². The number of benzene rings is 1. The van der Waals surface area contributed by atoms with Crippen molar-refractivity contribution in [1.29, 1.82) is 0 Å². The van der Waals surface area contributed by atoms with E-state index >= 15 is 0 Å². The SMILES string of the molecule is CN=C(NCCCCn1cnnc1)NCC(C)(C)c1ccc(F)cc1Cl.I. The Hall–Kier alpha value is -1.42. The molecule has 2 N–H and O–H groups in total. The van der Waals surface area contributed by atoms with E-state index in [1.54, 1.807) is 25.8 Å². The van der Waals surface area contributed by atoms with Gasteiger partial charge in [0, 0.05) is 37.1 Å². The van der Waals surface area contributed by atoms with Crippen LogP contribution in [-0.4, -0.2) is 40.9 Å². The van der Waals surface area contributed by atoms with Crippen molar-refractivity contribution < 1.29 is 4.39 Å². The molecule has 2 aromatic rings. The van der Waals surface area contributed by atoms with Crippen LogP contribution in [0.25, 0.3) is 0 Å². The van der Waals surface area contributed by atoms with Crippen LogP contribution in [0.4, 0.5) is 4.39 Å². The van der Waals surface area contributed by atoms with Crippen LogP contribution >= 0.6 is 35.6 Å². The zero-order valence-corrected chi connectivity index (χ0v) is 19.0. The first kappa shape index (κ1) is 23.6. The van der Waals surface area contributed by atoms with Crippen molar-refractivity contribution >= 4 is 41.5 Å². The van der Waals surface area contributed by atoms with Crippen LogP contribution in [0.5, 0.6) is 0 Å². The molecular weight excluding hydrogens is 482 g/mol. The zero-order valence-electron chi connectivity index (χ0n) is 15.9. The molecule has 1 heterocycles. The number of hydrogen-bond donors (Lipinski definition) is 2. The number of aromatic nitrogens is 3. The van der Waals surface area contributed by atoms with Gasteiger partial charge in [-0.2, -0.15) is 0 Å². The highest BCUT2D eigenvalue weighted by Crippen LogP contribution is 2.29. The van der Waals surface area contributed by atoms with E-state index < -0.39 is 0 Å². The minimum atomic E-state index is -0.327. The second-order valence-electron chi connectivity index (χ2n) is 6.77. The number of unbranched alkanes of at least 4 members (excludes halogenated alkanes) is 1. The van der Waals surface area contributed by atoms with Gasteiger partial charge in [-0.1, -0.05) is 31.5 Å². The first-order chi connectivity index (χ1) is 12.4. The molecule has 1 aromatic heterocycles. The van der Waals surface area contributed by atoms with E-state index in [2.05, 4.69) is 39.7 Å². The third-order valence-corrected chi connectivity index (χ3v) is 4.50. The minimum absolute atomic E-state index is 0. The third-order valence-electron chi connectivity index (χ3n) is 4.18. The smallest absolute Gasteiger partial charge is 0.191 e. The standard InChI is InChI=1S/C18H26ClFN6.HI/c1-18(2,15-7-6-14(20)10-16(15)19)11-23-17(21-3)22-8-4-5-9-26-12-24-25-13-26;/h6-7,10,12-13H,4-5,8-9,11H2,1-3H3,(H2,21,22,23);1H. The van der Waals surface area contributed by atoms with Crippen molar-refractivity contribution in [3.8, 4) is 0 Å². The van der Waals surface area contributed by atoms with Crippen molar-refractivity contribution in [3.05, 3.63) is 47.3 Å². The summed E-state index contributed by atoms with van der Waals surface area (Å²) in [6.07, 6.45) is 5.47. The molecule has 0 bridgehead atoms. The second-order valence-corrected chi connectivity index (χ2v) is 7.17.